The van der Waals surface area contributed by atoms with Crippen LogP contribution >= 0.6 is 0 Å². The Kier molecular flexibility index (Phi) is 4.59. The zero-order valence-corrected chi connectivity index (χ0v) is 12.0. The molecule has 1 aliphatic rings. The Morgan fingerprint density at radius 1 is 1.26 bits per heavy atom. The van der Waals surface area contributed by atoms with E-state index >= 15 is 0 Å². The zero-order chi connectivity index (χ0) is 13.8. The van der Waals surface area contributed by atoms with Gasteiger partial charge < -0.3 is 5.73 Å². The van der Waals surface area contributed by atoms with Gasteiger partial charge in [0.25, 0.3) is 0 Å². The molecule has 1 saturated carbocycles. The van der Waals surface area contributed by atoms with Gasteiger partial charge in [0, 0.05) is 18.2 Å². The Hall–Kier alpha value is -1.35. The normalized spacial score (nSPS) is 23.5. The Balaban J connectivity index is 1.97. The molecule has 1 fully saturated rings. The molecule has 2 atom stereocenters. The summed E-state index contributed by atoms with van der Waals surface area (Å²) in [5.41, 5.74) is 7.57. The van der Waals surface area contributed by atoms with Crippen molar-refractivity contribution in [3.63, 3.8) is 0 Å². The van der Waals surface area contributed by atoms with E-state index in [1.54, 1.807) is 0 Å². The van der Waals surface area contributed by atoms with Crippen molar-refractivity contribution < 1.29 is 0 Å². The van der Waals surface area contributed by atoms with Gasteiger partial charge in [-0.05, 0) is 31.4 Å². The lowest BCUT2D eigenvalue weighted by Crippen LogP contribution is -2.38. The van der Waals surface area contributed by atoms with E-state index < -0.39 is 0 Å². The molecule has 0 aliphatic heterocycles. The van der Waals surface area contributed by atoms with Crippen LogP contribution in [0.4, 0.5) is 0 Å². The third kappa shape index (κ3) is 3.57. The Morgan fingerprint density at radius 2 is 1.89 bits per heavy atom. The molecule has 1 aromatic rings. The molecule has 19 heavy (non-hydrogen) atoms. The molecule has 1 aliphatic carbocycles. The fraction of sp³-hybridized carbons (Fsp3) is 0.562. The van der Waals surface area contributed by atoms with Crippen molar-refractivity contribution in [2.45, 2.75) is 45.2 Å². The van der Waals surface area contributed by atoms with Crippen LogP contribution in [0.1, 0.15) is 43.7 Å². The summed E-state index contributed by atoms with van der Waals surface area (Å²) in [6.07, 6.45) is 5.43. The first-order valence-corrected chi connectivity index (χ1v) is 7.21. The molecule has 3 nitrogen and oxygen atoms in total. The summed E-state index contributed by atoms with van der Waals surface area (Å²) in [7, 11) is 2.23. The van der Waals surface area contributed by atoms with Crippen LogP contribution in [0.25, 0.3) is 0 Å². The number of rotatable bonds is 4. The van der Waals surface area contributed by atoms with Gasteiger partial charge in [-0.1, -0.05) is 44.0 Å². The third-order valence-electron chi connectivity index (χ3n) is 4.33. The van der Waals surface area contributed by atoms with E-state index in [4.69, 9.17) is 11.1 Å². The van der Waals surface area contributed by atoms with E-state index in [-0.39, 0.29) is 5.84 Å². The van der Waals surface area contributed by atoms with E-state index in [1.807, 2.05) is 12.1 Å². The predicted molar refractivity (Wildman–Crippen MR) is 80.3 cm³/mol. The van der Waals surface area contributed by atoms with Crippen molar-refractivity contribution in [2.24, 2.45) is 11.7 Å². The average molecular weight is 259 g/mol. The highest BCUT2D eigenvalue weighted by atomic mass is 15.1. The highest BCUT2D eigenvalue weighted by Crippen LogP contribution is 2.28. The van der Waals surface area contributed by atoms with Gasteiger partial charge in [-0.15, -0.1) is 0 Å². The van der Waals surface area contributed by atoms with E-state index in [0.717, 1.165) is 18.0 Å². The Bertz CT molecular complexity index is 424. The van der Waals surface area contributed by atoms with Gasteiger partial charge in [-0.2, -0.15) is 0 Å². The lowest BCUT2D eigenvalue weighted by atomic mass is 9.85. The molecular formula is C16H25N3. The first kappa shape index (κ1) is 14.1. The lowest BCUT2D eigenvalue weighted by Gasteiger charge is -2.36. The van der Waals surface area contributed by atoms with Crippen LogP contribution in [0.5, 0.6) is 0 Å². The van der Waals surface area contributed by atoms with Crippen LogP contribution in [-0.2, 0) is 6.54 Å². The minimum Gasteiger partial charge on any atom is -0.384 e. The number of nitrogens with one attached hydrogen (secondary N) is 1. The highest BCUT2D eigenvalue weighted by Gasteiger charge is 2.24. The molecule has 1 aromatic carbocycles. The molecule has 0 spiro atoms. The second kappa shape index (κ2) is 6.20. The van der Waals surface area contributed by atoms with Gasteiger partial charge in [-0.25, -0.2) is 0 Å². The average Bonchev–Trinajstić information content (AvgIpc) is 2.39. The van der Waals surface area contributed by atoms with Crippen molar-refractivity contribution in [1.29, 1.82) is 5.41 Å². The van der Waals surface area contributed by atoms with E-state index in [2.05, 4.69) is 31.0 Å². The number of nitrogens with two attached hydrogens (primary N) is 1. The van der Waals surface area contributed by atoms with E-state index in [9.17, 15) is 0 Å². The van der Waals surface area contributed by atoms with E-state index in [1.165, 1.54) is 31.2 Å². The van der Waals surface area contributed by atoms with E-state index in [0.29, 0.717) is 6.04 Å². The van der Waals surface area contributed by atoms with Gasteiger partial charge in [0.15, 0.2) is 0 Å². The van der Waals surface area contributed by atoms with Crippen molar-refractivity contribution in [3.05, 3.63) is 35.4 Å². The zero-order valence-electron chi connectivity index (χ0n) is 12.0. The molecule has 0 amide bonds. The number of benzene rings is 1. The molecule has 0 saturated heterocycles. The van der Waals surface area contributed by atoms with Crippen LogP contribution in [0.2, 0.25) is 0 Å². The Labute approximate surface area is 116 Å². The summed E-state index contributed by atoms with van der Waals surface area (Å²) in [6, 6.07) is 8.76. The molecule has 104 valence electrons. The number of nitrogens with zero attached hydrogens (tertiary/aromatic N) is 1. The molecule has 3 heteroatoms. The monoisotopic (exact) mass is 259 g/mol. The lowest BCUT2D eigenvalue weighted by molar-refractivity contribution is 0.133. The van der Waals surface area contributed by atoms with Crippen molar-refractivity contribution in [3.8, 4) is 0 Å². The standard InChI is InChI=1S/C16H25N3/c1-12-5-3-4-6-15(12)19(2)11-13-7-9-14(10-8-13)16(17)18/h7-10,12,15H,3-6,11H2,1-2H3,(H3,17,18). The fourth-order valence-electron chi connectivity index (χ4n) is 3.15. The maximum absolute atomic E-state index is 7.40. The predicted octanol–water partition coefficient (Wildman–Crippen LogP) is 2.98. The molecule has 3 N–H and O–H groups in total. The summed E-state index contributed by atoms with van der Waals surface area (Å²) in [5.74, 6) is 0.941. The third-order valence-corrected chi connectivity index (χ3v) is 4.33. The maximum atomic E-state index is 7.40. The summed E-state index contributed by atoms with van der Waals surface area (Å²) in [5, 5.41) is 7.40. The molecule has 0 bridgehead atoms. The van der Waals surface area contributed by atoms with Crippen molar-refractivity contribution in [2.75, 3.05) is 7.05 Å². The smallest absolute Gasteiger partial charge is 0.122 e. The van der Waals surface area contributed by atoms with Gasteiger partial charge in [-0.3, -0.25) is 10.3 Å². The summed E-state index contributed by atoms with van der Waals surface area (Å²) in [6.45, 7) is 3.35. The quantitative estimate of drug-likeness (QED) is 0.645. The van der Waals surface area contributed by atoms with Crippen LogP contribution in [0, 0.1) is 11.3 Å². The molecule has 0 heterocycles. The van der Waals surface area contributed by atoms with Gasteiger partial charge in [0.05, 0.1) is 0 Å². The van der Waals surface area contributed by atoms with Crippen molar-refractivity contribution in [1.82, 2.24) is 4.90 Å². The highest BCUT2D eigenvalue weighted by molar-refractivity contribution is 5.94. The molecule has 2 rings (SSSR count). The number of nitrogen functional groups attached to an aromatic ring is 1. The largest absolute Gasteiger partial charge is 0.384 e. The van der Waals surface area contributed by atoms with Crippen molar-refractivity contribution >= 4 is 5.84 Å². The van der Waals surface area contributed by atoms with Crippen LogP contribution in [0.3, 0.4) is 0 Å². The molecule has 0 radical (unpaired) electrons. The number of hydrogen-bond acceptors (Lipinski definition) is 2. The van der Waals surface area contributed by atoms with Crippen LogP contribution in [-0.4, -0.2) is 23.8 Å². The van der Waals surface area contributed by atoms with Gasteiger partial charge in [0.2, 0.25) is 0 Å². The SMILES string of the molecule is CC1CCCCC1N(C)Cc1ccc(C(=N)N)cc1. The van der Waals surface area contributed by atoms with Crippen LogP contribution < -0.4 is 5.73 Å². The maximum Gasteiger partial charge on any atom is 0.122 e. The second-order valence-electron chi connectivity index (χ2n) is 5.85. The first-order chi connectivity index (χ1) is 9.08. The summed E-state index contributed by atoms with van der Waals surface area (Å²) < 4.78 is 0. The number of hydrogen-bond donors (Lipinski definition) is 2. The Morgan fingerprint density at radius 3 is 2.47 bits per heavy atom. The summed E-state index contributed by atoms with van der Waals surface area (Å²) in [4.78, 5) is 2.48. The first-order valence-electron chi connectivity index (χ1n) is 7.21. The summed E-state index contributed by atoms with van der Waals surface area (Å²) >= 11 is 0. The minimum absolute atomic E-state index is 0.140. The molecule has 0 aromatic heterocycles. The molecule has 2 unspecified atom stereocenters. The second-order valence-corrected chi connectivity index (χ2v) is 5.85. The molecular weight excluding hydrogens is 234 g/mol. The van der Waals surface area contributed by atoms with Gasteiger partial charge >= 0.3 is 0 Å². The minimum atomic E-state index is 0.140. The topological polar surface area (TPSA) is 53.1 Å². The fourth-order valence-corrected chi connectivity index (χ4v) is 3.15. The van der Waals surface area contributed by atoms with Crippen LogP contribution in [0.15, 0.2) is 24.3 Å². The van der Waals surface area contributed by atoms with Gasteiger partial charge in [0.1, 0.15) is 5.84 Å². The number of amidine groups is 1.